The fourth-order valence-electron chi connectivity index (χ4n) is 2.23. The van der Waals surface area contributed by atoms with Crippen LogP contribution in [0.1, 0.15) is 24.8 Å². The Morgan fingerprint density at radius 3 is 2.71 bits per heavy atom. The van der Waals surface area contributed by atoms with Gasteiger partial charge in [0, 0.05) is 19.3 Å². The lowest BCUT2D eigenvalue weighted by molar-refractivity contribution is 0.220. The summed E-state index contributed by atoms with van der Waals surface area (Å²) in [4.78, 5) is 14.2. The van der Waals surface area contributed by atoms with E-state index >= 15 is 0 Å². The van der Waals surface area contributed by atoms with E-state index in [-0.39, 0.29) is 11.1 Å². The highest BCUT2D eigenvalue weighted by Crippen LogP contribution is 2.07. The molecule has 0 bridgehead atoms. The number of likely N-dealkylation sites (tertiary alicyclic amines) is 1. The van der Waals surface area contributed by atoms with E-state index in [2.05, 4.69) is 4.90 Å². The molecule has 2 heterocycles. The average Bonchev–Trinajstić information content (AvgIpc) is 2.39. The smallest absolute Gasteiger partial charge is 0.268 e. The zero-order chi connectivity index (χ0) is 12.1. The van der Waals surface area contributed by atoms with Gasteiger partial charge in [-0.3, -0.25) is 4.79 Å². The zero-order valence-corrected chi connectivity index (χ0v) is 9.93. The largest absolute Gasteiger partial charge is 0.313 e. The predicted octanol–water partition coefficient (Wildman–Crippen LogP) is 1.21. The van der Waals surface area contributed by atoms with Gasteiger partial charge in [0.15, 0.2) is 0 Å². The first-order valence-corrected chi connectivity index (χ1v) is 6.13. The molecule has 1 aromatic rings. The third kappa shape index (κ3) is 2.95. The third-order valence-electron chi connectivity index (χ3n) is 3.25. The fourth-order valence-corrected chi connectivity index (χ4v) is 2.23. The monoisotopic (exact) mass is 231 g/mol. The first-order chi connectivity index (χ1) is 8.31. The first kappa shape index (κ1) is 11.9. The van der Waals surface area contributed by atoms with Gasteiger partial charge in [0.05, 0.1) is 0 Å². The molecular weight excluding hydrogens is 214 g/mol. The highest BCUT2D eigenvalue weighted by atomic mass is 16.1. The number of rotatable bonds is 3. The predicted molar refractivity (Wildman–Crippen MR) is 65.7 cm³/mol. The van der Waals surface area contributed by atoms with Gasteiger partial charge in [0.2, 0.25) is 0 Å². The van der Waals surface area contributed by atoms with Crippen LogP contribution in [0.5, 0.6) is 0 Å². The summed E-state index contributed by atoms with van der Waals surface area (Å²) in [6.45, 7) is 3.84. The van der Waals surface area contributed by atoms with Gasteiger partial charge in [-0.25, -0.2) is 0 Å². The minimum Gasteiger partial charge on any atom is -0.313 e. The van der Waals surface area contributed by atoms with Crippen LogP contribution in [-0.4, -0.2) is 29.1 Å². The maximum atomic E-state index is 11.8. The van der Waals surface area contributed by atoms with Crippen molar-refractivity contribution in [2.45, 2.75) is 25.8 Å². The molecule has 1 aliphatic rings. The molecule has 90 valence electrons. The normalized spacial score (nSPS) is 16.6. The Balaban J connectivity index is 1.99. The lowest BCUT2D eigenvalue weighted by atomic mass is 10.1. The van der Waals surface area contributed by atoms with Crippen LogP contribution in [0.15, 0.2) is 23.1 Å². The summed E-state index contributed by atoms with van der Waals surface area (Å²) in [5.41, 5.74) is 0.0538. The number of pyridine rings is 1. The van der Waals surface area contributed by atoms with Crippen molar-refractivity contribution in [2.75, 3.05) is 19.6 Å². The van der Waals surface area contributed by atoms with Crippen LogP contribution in [-0.2, 0) is 6.54 Å². The van der Waals surface area contributed by atoms with Crippen molar-refractivity contribution in [1.82, 2.24) is 9.47 Å². The van der Waals surface area contributed by atoms with E-state index in [9.17, 15) is 4.79 Å². The molecule has 0 amide bonds. The van der Waals surface area contributed by atoms with Gasteiger partial charge >= 0.3 is 0 Å². The van der Waals surface area contributed by atoms with E-state index in [4.69, 9.17) is 5.26 Å². The van der Waals surface area contributed by atoms with Gasteiger partial charge in [-0.15, -0.1) is 0 Å². The second-order valence-electron chi connectivity index (χ2n) is 4.43. The summed E-state index contributed by atoms with van der Waals surface area (Å²) < 4.78 is 1.63. The third-order valence-corrected chi connectivity index (χ3v) is 3.25. The quantitative estimate of drug-likeness (QED) is 0.785. The van der Waals surface area contributed by atoms with Crippen molar-refractivity contribution in [3.63, 3.8) is 0 Å². The molecule has 0 aliphatic carbocycles. The van der Waals surface area contributed by atoms with Gasteiger partial charge in [-0.2, -0.15) is 5.26 Å². The van der Waals surface area contributed by atoms with Gasteiger partial charge in [0.1, 0.15) is 11.6 Å². The average molecular weight is 231 g/mol. The van der Waals surface area contributed by atoms with E-state index in [1.54, 1.807) is 22.9 Å². The zero-order valence-electron chi connectivity index (χ0n) is 9.93. The molecule has 1 aliphatic heterocycles. The lowest BCUT2D eigenvalue weighted by Crippen LogP contribution is -2.34. The Morgan fingerprint density at radius 1 is 1.24 bits per heavy atom. The molecule has 0 radical (unpaired) electrons. The van der Waals surface area contributed by atoms with Crippen LogP contribution in [0.3, 0.4) is 0 Å². The van der Waals surface area contributed by atoms with Crippen molar-refractivity contribution < 1.29 is 0 Å². The van der Waals surface area contributed by atoms with Crippen LogP contribution < -0.4 is 5.56 Å². The van der Waals surface area contributed by atoms with E-state index in [0.29, 0.717) is 6.54 Å². The molecule has 17 heavy (non-hydrogen) atoms. The Labute approximate surface area is 101 Å². The van der Waals surface area contributed by atoms with Crippen molar-refractivity contribution in [3.8, 4) is 6.07 Å². The Kier molecular flexibility index (Phi) is 3.94. The molecular formula is C13H17N3O. The molecule has 4 heteroatoms. The Bertz CT molecular complexity index is 466. The van der Waals surface area contributed by atoms with Crippen LogP contribution in [0, 0.1) is 11.3 Å². The molecule has 0 aromatic carbocycles. The minimum absolute atomic E-state index is 0.174. The SMILES string of the molecule is N#Cc1cccn(CCN2CCCCC2)c1=O. The molecule has 0 spiro atoms. The summed E-state index contributed by atoms with van der Waals surface area (Å²) in [7, 11) is 0. The molecule has 1 fully saturated rings. The maximum absolute atomic E-state index is 11.8. The summed E-state index contributed by atoms with van der Waals surface area (Å²) in [6, 6.07) is 5.26. The van der Waals surface area contributed by atoms with Crippen molar-refractivity contribution in [3.05, 3.63) is 34.2 Å². The second-order valence-corrected chi connectivity index (χ2v) is 4.43. The number of hydrogen-bond acceptors (Lipinski definition) is 3. The van der Waals surface area contributed by atoms with Crippen molar-refractivity contribution in [2.24, 2.45) is 0 Å². The summed E-state index contributed by atoms with van der Waals surface area (Å²) in [5.74, 6) is 0. The summed E-state index contributed by atoms with van der Waals surface area (Å²) in [5, 5.41) is 8.79. The maximum Gasteiger partial charge on any atom is 0.268 e. The molecule has 2 rings (SSSR count). The molecule has 0 atom stereocenters. The van der Waals surface area contributed by atoms with Gasteiger partial charge in [-0.05, 0) is 38.1 Å². The van der Waals surface area contributed by atoms with E-state index in [1.165, 1.54) is 19.3 Å². The van der Waals surface area contributed by atoms with Crippen LogP contribution >= 0.6 is 0 Å². The standard InChI is InChI=1S/C13H17N3O/c14-11-12-5-4-8-16(13(12)17)10-9-15-6-2-1-3-7-15/h4-5,8H,1-3,6-7,9-10H2. The van der Waals surface area contributed by atoms with Gasteiger partial charge in [-0.1, -0.05) is 6.42 Å². The number of piperidine rings is 1. The number of hydrogen-bond donors (Lipinski definition) is 0. The molecule has 0 unspecified atom stereocenters. The highest BCUT2D eigenvalue weighted by molar-refractivity contribution is 5.24. The second kappa shape index (κ2) is 5.65. The lowest BCUT2D eigenvalue weighted by Gasteiger charge is -2.26. The van der Waals surface area contributed by atoms with Crippen LogP contribution in [0.2, 0.25) is 0 Å². The van der Waals surface area contributed by atoms with Gasteiger partial charge < -0.3 is 9.47 Å². The fraction of sp³-hybridized carbons (Fsp3) is 0.538. The van der Waals surface area contributed by atoms with E-state index < -0.39 is 0 Å². The van der Waals surface area contributed by atoms with Crippen molar-refractivity contribution >= 4 is 0 Å². The topological polar surface area (TPSA) is 49.0 Å². The minimum atomic E-state index is -0.174. The highest BCUT2D eigenvalue weighted by Gasteiger charge is 2.10. The number of nitriles is 1. The van der Waals surface area contributed by atoms with E-state index in [0.717, 1.165) is 19.6 Å². The molecule has 1 aromatic heterocycles. The number of aromatic nitrogens is 1. The van der Waals surface area contributed by atoms with Crippen LogP contribution in [0.25, 0.3) is 0 Å². The summed E-state index contributed by atoms with van der Waals surface area (Å²) in [6.07, 6.45) is 5.59. The molecule has 4 nitrogen and oxygen atoms in total. The number of nitrogens with zero attached hydrogens (tertiary/aromatic N) is 3. The van der Waals surface area contributed by atoms with E-state index in [1.807, 2.05) is 6.07 Å². The van der Waals surface area contributed by atoms with Crippen LogP contribution in [0.4, 0.5) is 0 Å². The first-order valence-electron chi connectivity index (χ1n) is 6.13. The molecule has 0 saturated carbocycles. The van der Waals surface area contributed by atoms with Crippen molar-refractivity contribution in [1.29, 1.82) is 5.26 Å². The molecule has 0 N–H and O–H groups in total. The Morgan fingerprint density at radius 2 is 2.00 bits per heavy atom. The summed E-state index contributed by atoms with van der Waals surface area (Å²) >= 11 is 0. The van der Waals surface area contributed by atoms with Gasteiger partial charge in [0.25, 0.3) is 5.56 Å². The molecule has 1 saturated heterocycles. The Hall–Kier alpha value is -1.60.